The maximum Gasteiger partial charge on any atom is 0.271 e. The molecule has 1 aromatic rings. The smallest absolute Gasteiger partial charge is 0.271 e. The summed E-state index contributed by atoms with van der Waals surface area (Å²) in [4.78, 5) is 24.2. The minimum absolute atomic E-state index is 0.0872. The topological polar surface area (TPSA) is 85.2 Å². The second-order valence-corrected chi connectivity index (χ2v) is 7.13. The first-order chi connectivity index (χ1) is 12.2. The first-order valence-electron chi connectivity index (χ1n) is 9.29. The number of hydrogen-bond acceptors (Lipinski definition) is 4. The van der Waals surface area contributed by atoms with Gasteiger partial charge in [-0.25, -0.2) is 0 Å². The average Bonchev–Trinajstić information content (AvgIpc) is 3.14. The van der Waals surface area contributed by atoms with Crippen molar-refractivity contribution in [3.63, 3.8) is 0 Å². The van der Waals surface area contributed by atoms with Crippen molar-refractivity contribution in [1.29, 1.82) is 0 Å². The molecular formula is C18H28N4O3. The molecule has 2 aliphatic rings. The number of nitrogens with zero attached hydrogens (tertiary/aromatic N) is 2. The molecule has 1 saturated carbocycles. The van der Waals surface area contributed by atoms with Crippen LogP contribution in [0.15, 0.2) is 6.07 Å². The number of amides is 2. The second-order valence-electron chi connectivity index (χ2n) is 7.13. The van der Waals surface area contributed by atoms with Gasteiger partial charge in [0.05, 0.1) is 19.2 Å². The lowest BCUT2D eigenvalue weighted by Gasteiger charge is -2.21. The summed E-state index contributed by atoms with van der Waals surface area (Å²) in [5.41, 5.74) is 1.43. The number of methoxy groups -OCH3 is 1. The van der Waals surface area contributed by atoms with Crippen LogP contribution < -0.4 is 10.6 Å². The first-order valence-corrected chi connectivity index (χ1v) is 9.29. The fourth-order valence-corrected chi connectivity index (χ4v) is 3.81. The number of carbonyl (C=O) groups is 2. The molecule has 1 aliphatic carbocycles. The van der Waals surface area contributed by atoms with Gasteiger partial charge in [0, 0.05) is 32.2 Å². The van der Waals surface area contributed by atoms with Gasteiger partial charge in [0.1, 0.15) is 5.69 Å². The van der Waals surface area contributed by atoms with E-state index in [4.69, 9.17) is 4.74 Å². The van der Waals surface area contributed by atoms with E-state index in [1.807, 2.05) is 10.7 Å². The summed E-state index contributed by atoms with van der Waals surface area (Å²) in [5, 5.41) is 10.3. The average molecular weight is 348 g/mol. The van der Waals surface area contributed by atoms with Crippen LogP contribution in [0.1, 0.15) is 54.7 Å². The molecule has 0 radical (unpaired) electrons. The Morgan fingerprint density at radius 2 is 2.12 bits per heavy atom. The Balaban J connectivity index is 1.45. The lowest BCUT2D eigenvalue weighted by Crippen LogP contribution is -2.37. The predicted molar refractivity (Wildman–Crippen MR) is 93.3 cm³/mol. The van der Waals surface area contributed by atoms with E-state index >= 15 is 0 Å². The summed E-state index contributed by atoms with van der Waals surface area (Å²) in [6, 6.07) is 1.90. The molecule has 3 rings (SSSR count). The van der Waals surface area contributed by atoms with Gasteiger partial charge < -0.3 is 15.4 Å². The molecule has 138 valence electrons. The Morgan fingerprint density at radius 1 is 1.32 bits per heavy atom. The highest BCUT2D eigenvalue weighted by molar-refractivity contribution is 5.92. The molecule has 0 spiro atoms. The standard InChI is InChI=1S/C18H28N4O3/c1-25-8-7-19-18(24)16-11-15-10-14(12-22(15)21-16)20-17(23)9-13-5-3-2-4-6-13/h11,13-14H,2-10,12H2,1H3,(H,19,24)(H,20,23)/t14-/m0/s1. The maximum atomic E-state index is 12.2. The zero-order chi connectivity index (χ0) is 17.6. The summed E-state index contributed by atoms with van der Waals surface area (Å²) in [7, 11) is 1.60. The molecule has 0 aromatic carbocycles. The minimum Gasteiger partial charge on any atom is -0.383 e. The van der Waals surface area contributed by atoms with E-state index in [0.717, 1.165) is 12.1 Å². The van der Waals surface area contributed by atoms with E-state index in [1.54, 1.807) is 7.11 Å². The Bertz CT molecular complexity index is 584. The molecule has 1 atom stereocenters. The fourth-order valence-electron chi connectivity index (χ4n) is 3.81. The lowest BCUT2D eigenvalue weighted by atomic mass is 9.87. The van der Waals surface area contributed by atoms with Crippen LogP contribution in [-0.4, -0.2) is 47.9 Å². The van der Waals surface area contributed by atoms with Crippen LogP contribution in [0.25, 0.3) is 0 Å². The maximum absolute atomic E-state index is 12.2. The molecule has 7 heteroatoms. The molecule has 0 bridgehead atoms. The van der Waals surface area contributed by atoms with Crippen molar-refractivity contribution in [2.24, 2.45) is 5.92 Å². The van der Waals surface area contributed by atoms with Crippen LogP contribution in [0.3, 0.4) is 0 Å². The lowest BCUT2D eigenvalue weighted by molar-refractivity contribution is -0.122. The molecule has 0 saturated heterocycles. The quantitative estimate of drug-likeness (QED) is 0.727. The van der Waals surface area contributed by atoms with E-state index < -0.39 is 0 Å². The zero-order valence-electron chi connectivity index (χ0n) is 14.9. The van der Waals surface area contributed by atoms with Crippen LogP contribution >= 0.6 is 0 Å². The van der Waals surface area contributed by atoms with Crippen molar-refractivity contribution in [3.8, 4) is 0 Å². The number of carbonyl (C=O) groups excluding carboxylic acids is 2. The molecule has 1 fully saturated rings. The van der Waals surface area contributed by atoms with Crippen LogP contribution in [0.5, 0.6) is 0 Å². The van der Waals surface area contributed by atoms with Crippen LogP contribution in [0.2, 0.25) is 0 Å². The summed E-state index contributed by atoms with van der Waals surface area (Å²) >= 11 is 0. The molecule has 2 N–H and O–H groups in total. The van der Waals surface area contributed by atoms with Crippen molar-refractivity contribution >= 4 is 11.8 Å². The molecule has 1 aliphatic heterocycles. The molecule has 25 heavy (non-hydrogen) atoms. The highest BCUT2D eigenvalue weighted by atomic mass is 16.5. The van der Waals surface area contributed by atoms with Gasteiger partial charge in [-0.3, -0.25) is 14.3 Å². The summed E-state index contributed by atoms with van der Waals surface area (Å²) in [5.74, 6) is 0.520. The first kappa shape index (κ1) is 17.9. The predicted octanol–water partition coefficient (Wildman–Crippen LogP) is 1.27. The highest BCUT2D eigenvalue weighted by Gasteiger charge is 2.27. The van der Waals surface area contributed by atoms with E-state index in [-0.39, 0.29) is 17.9 Å². The van der Waals surface area contributed by atoms with Crippen molar-refractivity contribution in [2.75, 3.05) is 20.3 Å². The Labute approximate surface area is 148 Å². The van der Waals surface area contributed by atoms with Gasteiger partial charge in [0.25, 0.3) is 5.91 Å². The number of ether oxygens (including phenoxy) is 1. The summed E-state index contributed by atoms with van der Waals surface area (Å²) in [6.07, 6.45) is 7.56. The molecular weight excluding hydrogens is 320 g/mol. The normalized spacial score (nSPS) is 20.3. The SMILES string of the molecule is COCCNC(=O)c1cc2n(n1)C[C@@H](NC(=O)CC1CCCCC1)C2. The number of nitrogens with one attached hydrogen (secondary N) is 2. The summed E-state index contributed by atoms with van der Waals surface area (Å²) in [6.45, 7) is 1.59. The highest BCUT2D eigenvalue weighted by Crippen LogP contribution is 2.26. The van der Waals surface area contributed by atoms with Crippen molar-refractivity contribution in [2.45, 2.75) is 57.5 Å². The van der Waals surface area contributed by atoms with Crippen LogP contribution in [0, 0.1) is 5.92 Å². The van der Waals surface area contributed by atoms with Gasteiger partial charge in [-0.15, -0.1) is 0 Å². The largest absolute Gasteiger partial charge is 0.383 e. The third kappa shape index (κ3) is 4.81. The number of aromatic nitrogens is 2. The van der Waals surface area contributed by atoms with Gasteiger partial charge in [-0.1, -0.05) is 19.3 Å². The number of hydrogen-bond donors (Lipinski definition) is 2. The second kappa shape index (κ2) is 8.47. The van der Waals surface area contributed by atoms with Gasteiger partial charge in [0.15, 0.2) is 0 Å². The van der Waals surface area contributed by atoms with Gasteiger partial charge in [-0.2, -0.15) is 5.10 Å². The van der Waals surface area contributed by atoms with E-state index in [2.05, 4.69) is 15.7 Å². The Morgan fingerprint density at radius 3 is 2.84 bits per heavy atom. The van der Waals surface area contributed by atoms with Crippen molar-refractivity contribution < 1.29 is 14.3 Å². The molecule has 1 aromatic heterocycles. The van der Waals surface area contributed by atoms with Gasteiger partial charge in [0.2, 0.25) is 5.91 Å². The molecule has 7 nitrogen and oxygen atoms in total. The van der Waals surface area contributed by atoms with Crippen LogP contribution in [-0.2, 0) is 22.5 Å². The molecule has 0 unspecified atom stereocenters. The van der Waals surface area contributed by atoms with Crippen LogP contribution in [0.4, 0.5) is 0 Å². The van der Waals surface area contributed by atoms with Crippen molar-refractivity contribution in [1.82, 2.24) is 20.4 Å². The molecule has 2 amide bonds. The Hall–Kier alpha value is -1.89. The third-order valence-corrected chi connectivity index (χ3v) is 5.10. The van der Waals surface area contributed by atoms with Crippen molar-refractivity contribution in [3.05, 3.63) is 17.5 Å². The molecule has 2 heterocycles. The number of rotatable bonds is 7. The fraction of sp³-hybridized carbons (Fsp3) is 0.722. The van der Waals surface area contributed by atoms with Gasteiger partial charge in [-0.05, 0) is 24.8 Å². The van der Waals surface area contributed by atoms with E-state index in [9.17, 15) is 9.59 Å². The number of fused-ring (bicyclic) bond motifs is 1. The minimum atomic E-state index is -0.183. The summed E-state index contributed by atoms with van der Waals surface area (Å²) < 4.78 is 6.74. The van der Waals surface area contributed by atoms with E-state index in [0.29, 0.717) is 37.7 Å². The zero-order valence-corrected chi connectivity index (χ0v) is 14.9. The van der Waals surface area contributed by atoms with E-state index in [1.165, 1.54) is 32.1 Å². The van der Waals surface area contributed by atoms with Gasteiger partial charge >= 0.3 is 0 Å². The third-order valence-electron chi connectivity index (χ3n) is 5.10. The Kier molecular flexibility index (Phi) is 6.07. The monoisotopic (exact) mass is 348 g/mol.